The van der Waals surface area contributed by atoms with Crippen molar-refractivity contribution in [2.24, 2.45) is 5.84 Å². The van der Waals surface area contributed by atoms with Gasteiger partial charge in [0.25, 0.3) is 0 Å². The number of amides is 1. The average Bonchev–Trinajstić information content (AvgIpc) is 2.28. The summed E-state index contributed by atoms with van der Waals surface area (Å²) in [7, 11) is 0. The number of nitrogens with one attached hydrogen (secondary N) is 1. The van der Waals surface area contributed by atoms with Gasteiger partial charge in [-0.1, -0.05) is 39.8 Å². The maximum absolute atomic E-state index is 11.1. The van der Waals surface area contributed by atoms with Crippen LogP contribution in [0.4, 0.5) is 0 Å². The van der Waals surface area contributed by atoms with Gasteiger partial charge in [0.1, 0.15) is 0 Å². The predicted molar refractivity (Wildman–Crippen MR) is 77.4 cm³/mol. The van der Waals surface area contributed by atoms with Crippen LogP contribution in [0.25, 0.3) is 0 Å². The zero-order valence-electron chi connectivity index (χ0n) is 11.5. The van der Waals surface area contributed by atoms with E-state index < -0.39 is 0 Å². The molecule has 0 fully saturated rings. The van der Waals surface area contributed by atoms with Crippen LogP contribution in [-0.4, -0.2) is 11.2 Å². The van der Waals surface area contributed by atoms with Gasteiger partial charge in [0, 0.05) is 16.6 Å². The Morgan fingerprint density at radius 2 is 1.89 bits per heavy atom. The molecular formula is C14H22N2OS. The second-order valence-corrected chi connectivity index (χ2v) is 6.99. The monoisotopic (exact) mass is 266 g/mol. The zero-order valence-corrected chi connectivity index (χ0v) is 12.3. The summed E-state index contributed by atoms with van der Waals surface area (Å²) < 4.78 is 0. The topological polar surface area (TPSA) is 55.1 Å². The summed E-state index contributed by atoms with van der Waals surface area (Å²) in [6, 6.07) is 8.53. The van der Waals surface area contributed by atoms with Crippen molar-refractivity contribution in [1.82, 2.24) is 5.43 Å². The third-order valence-electron chi connectivity index (χ3n) is 2.69. The van der Waals surface area contributed by atoms with Crippen LogP contribution in [0, 0.1) is 0 Å². The molecule has 1 amide bonds. The van der Waals surface area contributed by atoms with Crippen LogP contribution >= 0.6 is 11.8 Å². The van der Waals surface area contributed by atoms with Crippen LogP contribution in [0.5, 0.6) is 0 Å². The summed E-state index contributed by atoms with van der Waals surface area (Å²) in [5.41, 5.74) is 3.65. The number of hydrogen-bond donors (Lipinski definition) is 2. The molecule has 1 unspecified atom stereocenters. The second kappa shape index (κ2) is 6.25. The summed E-state index contributed by atoms with van der Waals surface area (Å²) in [5, 5.41) is 0.217. The number of benzene rings is 1. The Labute approximate surface area is 113 Å². The van der Waals surface area contributed by atoms with E-state index in [1.54, 1.807) is 11.8 Å². The minimum Gasteiger partial charge on any atom is -0.294 e. The van der Waals surface area contributed by atoms with E-state index in [9.17, 15) is 4.79 Å². The molecule has 0 aliphatic carbocycles. The maximum atomic E-state index is 11.1. The van der Waals surface area contributed by atoms with Gasteiger partial charge < -0.3 is 0 Å². The van der Waals surface area contributed by atoms with E-state index in [4.69, 9.17) is 5.84 Å². The van der Waals surface area contributed by atoms with Crippen LogP contribution in [-0.2, 0) is 10.2 Å². The molecular weight excluding hydrogens is 244 g/mol. The molecule has 0 saturated carbocycles. The molecule has 0 aromatic heterocycles. The average molecular weight is 266 g/mol. The SMILES string of the molecule is CC(CC(=O)NN)Sc1ccc(C(C)(C)C)cc1. The largest absolute Gasteiger partial charge is 0.294 e. The van der Waals surface area contributed by atoms with Crippen LogP contribution in [0.3, 0.4) is 0 Å². The maximum Gasteiger partial charge on any atom is 0.234 e. The number of hydrogen-bond acceptors (Lipinski definition) is 3. The van der Waals surface area contributed by atoms with Crippen LogP contribution in [0.1, 0.15) is 39.7 Å². The molecule has 0 saturated heterocycles. The standard InChI is InChI=1S/C14H22N2OS/c1-10(9-13(17)16-15)18-12-7-5-11(6-8-12)14(2,3)4/h5-8,10H,9,15H2,1-4H3,(H,16,17). The van der Waals surface area contributed by atoms with Gasteiger partial charge in [-0.25, -0.2) is 5.84 Å². The normalized spacial score (nSPS) is 13.2. The molecule has 0 bridgehead atoms. The number of carbonyl (C=O) groups excluding carboxylic acids is 1. The van der Waals surface area contributed by atoms with Crippen molar-refractivity contribution < 1.29 is 4.79 Å². The van der Waals surface area contributed by atoms with Crippen molar-refractivity contribution in [3.63, 3.8) is 0 Å². The van der Waals surface area contributed by atoms with Gasteiger partial charge in [0.2, 0.25) is 5.91 Å². The van der Waals surface area contributed by atoms with E-state index in [0.717, 1.165) is 0 Å². The quantitative estimate of drug-likeness (QED) is 0.381. The summed E-state index contributed by atoms with van der Waals surface area (Å²) in [6.07, 6.45) is 0.433. The lowest BCUT2D eigenvalue weighted by atomic mass is 9.87. The van der Waals surface area contributed by atoms with Crippen molar-refractivity contribution in [2.75, 3.05) is 0 Å². The van der Waals surface area contributed by atoms with E-state index in [1.807, 2.05) is 6.92 Å². The fourth-order valence-corrected chi connectivity index (χ4v) is 2.62. The van der Waals surface area contributed by atoms with Crippen molar-refractivity contribution >= 4 is 17.7 Å². The Kier molecular flexibility index (Phi) is 5.23. The summed E-state index contributed by atoms with van der Waals surface area (Å²) in [5.74, 6) is 4.95. The number of nitrogens with two attached hydrogens (primary N) is 1. The van der Waals surface area contributed by atoms with Crippen LogP contribution < -0.4 is 11.3 Å². The number of rotatable bonds is 4. The van der Waals surface area contributed by atoms with Gasteiger partial charge in [-0.05, 0) is 23.1 Å². The predicted octanol–water partition coefficient (Wildman–Crippen LogP) is 2.84. The van der Waals surface area contributed by atoms with Crippen molar-refractivity contribution in [1.29, 1.82) is 0 Å². The van der Waals surface area contributed by atoms with Crippen molar-refractivity contribution in [3.8, 4) is 0 Å². The third kappa shape index (κ3) is 4.70. The molecule has 4 heteroatoms. The van der Waals surface area contributed by atoms with Gasteiger partial charge in [-0.2, -0.15) is 0 Å². The second-order valence-electron chi connectivity index (χ2n) is 5.47. The van der Waals surface area contributed by atoms with Crippen LogP contribution in [0.15, 0.2) is 29.2 Å². The molecule has 100 valence electrons. The molecule has 1 atom stereocenters. The summed E-state index contributed by atoms with van der Waals surface area (Å²) >= 11 is 1.69. The lowest BCUT2D eigenvalue weighted by Gasteiger charge is -2.19. The molecule has 1 aromatic rings. The van der Waals surface area contributed by atoms with E-state index in [2.05, 4.69) is 50.5 Å². The van der Waals surface area contributed by atoms with Gasteiger partial charge in [-0.3, -0.25) is 10.2 Å². The molecule has 0 heterocycles. The van der Waals surface area contributed by atoms with E-state index in [1.165, 1.54) is 10.5 Å². The molecule has 18 heavy (non-hydrogen) atoms. The highest BCUT2D eigenvalue weighted by Gasteiger charge is 2.14. The number of thioether (sulfide) groups is 1. The van der Waals surface area contributed by atoms with Gasteiger partial charge >= 0.3 is 0 Å². The van der Waals surface area contributed by atoms with E-state index in [-0.39, 0.29) is 16.6 Å². The van der Waals surface area contributed by atoms with E-state index >= 15 is 0 Å². The smallest absolute Gasteiger partial charge is 0.234 e. The highest BCUT2D eigenvalue weighted by atomic mass is 32.2. The molecule has 0 radical (unpaired) electrons. The minimum absolute atomic E-state index is 0.124. The molecule has 1 aromatic carbocycles. The van der Waals surface area contributed by atoms with Crippen molar-refractivity contribution in [3.05, 3.63) is 29.8 Å². The first-order valence-electron chi connectivity index (χ1n) is 6.09. The zero-order chi connectivity index (χ0) is 13.8. The lowest BCUT2D eigenvalue weighted by Crippen LogP contribution is -2.31. The minimum atomic E-state index is -0.124. The highest BCUT2D eigenvalue weighted by Crippen LogP contribution is 2.28. The Hall–Kier alpha value is -1.00. The van der Waals surface area contributed by atoms with Crippen LogP contribution in [0.2, 0.25) is 0 Å². The fourth-order valence-electron chi connectivity index (χ4n) is 1.63. The Morgan fingerprint density at radius 1 is 1.33 bits per heavy atom. The fraction of sp³-hybridized carbons (Fsp3) is 0.500. The van der Waals surface area contributed by atoms with Gasteiger partial charge in [0.05, 0.1) is 0 Å². The Balaban J connectivity index is 2.61. The molecule has 0 aliphatic heterocycles. The third-order valence-corrected chi connectivity index (χ3v) is 3.80. The first kappa shape index (κ1) is 15.1. The number of hydrazine groups is 1. The van der Waals surface area contributed by atoms with Gasteiger partial charge in [0.15, 0.2) is 0 Å². The lowest BCUT2D eigenvalue weighted by molar-refractivity contribution is -0.121. The van der Waals surface area contributed by atoms with Gasteiger partial charge in [-0.15, -0.1) is 11.8 Å². The van der Waals surface area contributed by atoms with E-state index in [0.29, 0.717) is 6.42 Å². The van der Waals surface area contributed by atoms with Crippen molar-refractivity contribution in [2.45, 2.75) is 49.7 Å². The Bertz CT molecular complexity index is 395. The molecule has 0 spiro atoms. The summed E-state index contributed by atoms with van der Waals surface area (Å²) in [6.45, 7) is 8.62. The molecule has 3 nitrogen and oxygen atoms in total. The first-order chi connectivity index (χ1) is 8.32. The highest BCUT2D eigenvalue weighted by molar-refractivity contribution is 8.00. The molecule has 0 aliphatic rings. The Morgan fingerprint density at radius 3 is 2.33 bits per heavy atom. The molecule has 1 rings (SSSR count). The number of carbonyl (C=O) groups is 1. The molecule has 3 N–H and O–H groups in total. The summed E-state index contributed by atoms with van der Waals surface area (Å²) in [4.78, 5) is 12.3. The first-order valence-corrected chi connectivity index (χ1v) is 6.97.